The number of ether oxygens (including phenoxy) is 4. The van der Waals surface area contributed by atoms with Crippen LogP contribution in [0.5, 0.6) is 0 Å². The van der Waals surface area contributed by atoms with Gasteiger partial charge in [0, 0.05) is 6.61 Å². The number of unbranched alkanes of at least 4 members (excludes halogenated alkanes) is 1. The van der Waals surface area contributed by atoms with E-state index in [2.05, 4.69) is 9.47 Å². The van der Waals surface area contributed by atoms with E-state index in [4.69, 9.17) is 9.47 Å². The van der Waals surface area contributed by atoms with Crippen molar-refractivity contribution in [3.63, 3.8) is 0 Å². The fraction of sp³-hybridized carbons (Fsp3) is 0.909. The summed E-state index contributed by atoms with van der Waals surface area (Å²) < 4.78 is 278. The Bertz CT molecular complexity index is 1210. The molecule has 0 saturated carbocycles. The Kier molecular flexibility index (Phi) is 18.3. The van der Waals surface area contributed by atoms with Crippen molar-refractivity contribution in [3.05, 3.63) is 0 Å². The molecule has 0 aromatic heterocycles. The minimum atomic E-state index is -8.82. The predicted molar refractivity (Wildman–Crippen MR) is 122 cm³/mol. The molecule has 0 rings (SSSR count). The molecule has 0 aliphatic carbocycles. The fourth-order valence-corrected chi connectivity index (χ4v) is 3.67. The molecule has 0 spiro atoms. The number of rotatable bonds is 22. The largest absolute Gasteiger partial charge is 1.00 e. The minimum Gasteiger partial charge on any atom is -0.747 e. The normalized spacial score (nSPS) is 14.9. The zero-order valence-corrected chi connectivity index (χ0v) is 28.0. The van der Waals surface area contributed by atoms with Crippen LogP contribution >= 0.6 is 0 Å². The Balaban J connectivity index is 0. The second-order valence-electron chi connectivity index (χ2n) is 9.55. The zero-order chi connectivity index (χ0) is 39.1. The van der Waals surface area contributed by atoms with E-state index in [-0.39, 0.29) is 42.8 Å². The molecular formula is C22H24F17NaO9S. The van der Waals surface area contributed by atoms with Crippen molar-refractivity contribution in [1.82, 2.24) is 0 Å². The number of halogens is 17. The molecule has 9 nitrogen and oxygen atoms in total. The summed E-state index contributed by atoms with van der Waals surface area (Å²) in [4.78, 5) is 23.6. The molecular weight excluding hydrogens is 786 g/mol. The summed E-state index contributed by atoms with van der Waals surface area (Å²) in [6, 6.07) is 0. The Labute approximate surface area is 292 Å². The van der Waals surface area contributed by atoms with E-state index in [1.165, 1.54) is 0 Å². The van der Waals surface area contributed by atoms with E-state index < -0.39 is 108 Å². The third kappa shape index (κ3) is 11.1. The molecule has 0 aliphatic rings. The van der Waals surface area contributed by atoms with Gasteiger partial charge in [0.1, 0.15) is 16.7 Å². The molecule has 1 unspecified atom stereocenters. The van der Waals surface area contributed by atoms with Crippen molar-refractivity contribution in [3.8, 4) is 0 Å². The van der Waals surface area contributed by atoms with Crippen molar-refractivity contribution in [2.24, 2.45) is 0 Å². The SMILES string of the molecule is CCCCOCCOCCOC(=O)C(CC(=O)OCCC(F)(F)C(F)(F)C(F)(F)C(F)(F)C(F)(F)C(F)(F)C(F)(F)C(F)(F)F)S(=O)(=O)[O-].[Na+]. The zero-order valence-electron chi connectivity index (χ0n) is 25.2. The van der Waals surface area contributed by atoms with Crippen LogP contribution in [0.15, 0.2) is 0 Å². The van der Waals surface area contributed by atoms with Crippen molar-refractivity contribution in [2.45, 2.75) is 85.5 Å². The Hall–Kier alpha value is -1.42. The predicted octanol–water partition coefficient (Wildman–Crippen LogP) is 2.61. The average molecular weight is 810 g/mol. The van der Waals surface area contributed by atoms with E-state index >= 15 is 0 Å². The first-order valence-electron chi connectivity index (χ1n) is 12.9. The quantitative estimate of drug-likeness (QED) is 0.0534. The molecule has 292 valence electrons. The number of carbonyl (C=O) groups is 2. The van der Waals surface area contributed by atoms with Gasteiger partial charge in [-0.05, 0) is 6.42 Å². The number of hydrogen-bond donors (Lipinski definition) is 0. The van der Waals surface area contributed by atoms with E-state index in [1.54, 1.807) is 0 Å². The number of esters is 2. The van der Waals surface area contributed by atoms with Crippen LogP contribution in [0.1, 0.15) is 32.6 Å². The molecule has 0 fully saturated rings. The summed E-state index contributed by atoms with van der Waals surface area (Å²) in [6.45, 7) is -1.35. The van der Waals surface area contributed by atoms with Gasteiger partial charge < -0.3 is 23.5 Å². The summed E-state index contributed by atoms with van der Waals surface area (Å²) in [6.07, 6.45) is -11.5. The standard InChI is InChI=1S/C22H25F17O9S.Na/c1-2-3-5-45-7-8-46-9-10-48-14(41)12(49(42,43)44)11-13(40)47-6-4-15(23,24)16(25,26)17(27,28)18(29,30)19(31,32)20(33,34)21(35,36)22(37,38)39;/h12H,2-11H2,1H3,(H,42,43,44);/q;+1/p-1. The van der Waals surface area contributed by atoms with Gasteiger partial charge in [0.2, 0.25) is 0 Å². The summed E-state index contributed by atoms with van der Waals surface area (Å²) in [5.74, 6) is -62.4. The van der Waals surface area contributed by atoms with Gasteiger partial charge in [-0.25, -0.2) is 8.42 Å². The van der Waals surface area contributed by atoms with Gasteiger partial charge >= 0.3 is 89.1 Å². The third-order valence-corrected chi connectivity index (χ3v) is 6.97. The maximum absolute atomic E-state index is 13.9. The first-order valence-corrected chi connectivity index (χ1v) is 14.3. The molecule has 0 aromatic rings. The van der Waals surface area contributed by atoms with Crippen LogP contribution in [0.25, 0.3) is 0 Å². The number of carbonyl (C=O) groups excluding carboxylic acids is 2. The number of alkyl halides is 17. The van der Waals surface area contributed by atoms with Gasteiger partial charge in [-0.3, -0.25) is 9.59 Å². The summed E-state index contributed by atoms with van der Waals surface area (Å²) in [5.41, 5.74) is 0. The van der Waals surface area contributed by atoms with Crippen LogP contribution in [0.2, 0.25) is 0 Å². The van der Waals surface area contributed by atoms with E-state index in [0.717, 1.165) is 12.8 Å². The maximum Gasteiger partial charge on any atom is 1.00 e. The molecule has 28 heteroatoms. The summed E-state index contributed by atoms with van der Waals surface area (Å²) in [5, 5.41) is -3.04. The molecule has 0 bridgehead atoms. The molecule has 1 atom stereocenters. The Morgan fingerprint density at radius 2 is 1.00 bits per heavy atom. The van der Waals surface area contributed by atoms with Gasteiger partial charge in [-0.1, -0.05) is 13.3 Å². The van der Waals surface area contributed by atoms with Gasteiger partial charge in [-0.15, -0.1) is 0 Å². The molecule has 0 aromatic carbocycles. The monoisotopic (exact) mass is 810 g/mol. The second-order valence-corrected chi connectivity index (χ2v) is 11.1. The second kappa shape index (κ2) is 18.1. The number of hydrogen-bond acceptors (Lipinski definition) is 9. The van der Waals surface area contributed by atoms with Crippen molar-refractivity contribution < 1.29 is 146 Å². The smallest absolute Gasteiger partial charge is 0.747 e. The van der Waals surface area contributed by atoms with Gasteiger partial charge in [-0.2, -0.15) is 74.6 Å². The Morgan fingerprint density at radius 3 is 1.42 bits per heavy atom. The summed E-state index contributed by atoms with van der Waals surface area (Å²) in [7, 11) is -5.87. The van der Waals surface area contributed by atoms with Crippen molar-refractivity contribution in [2.75, 3.05) is 39.6 Å². The molecule has 0 radical (unpaired) electrons. The molecule has 50 heavy (non-hydrogen) atoms. The summed E-state index contributed by atoms with van der Waals surface area (Å²) >= 11 is 0. The van der Waals surface area contributed by atoms with Crippen LogP contribution < -0.4 is 29.6 Å². The van der Waals surface area contributed by atoms with E-state index in [9.17, 15) is 97.2 Å². The molecule has 0 heterocycles. The van der Waals surface area contributed by atoms with E-state index in [0.29, 0.717) is 6.61 Å². The molecule has 0 saturated heterocycles. The van der Waals surface area contributed by atoms with Crippen LogP contribution in [0.4, 0.5) is 74.6 Å². The van der Waals surface area contributed by atoms with Crippen LogP contribution in [0, 0.1) is 0 Å². The third-order valence-electron chi connectivity index (χ3n) is 5.92. The fourth-order valence-electron chi connectivity index (χ4n) is 3.02. The average Bonchev–Trinajstić information content (AvgIpc) is 2.92. The van der Waals surface area contributed by atoms with Crippen molar-refractivity contribution in [1.29, 1.82) is 0 Å². The first kappa shape index (κ1) is 50.7. The molecule has 0 N–H and O–H groups in total. The van der Waals surface area contributed by atoms with Crippen molar-refractivity contribution >= 4 is 22.1 Å². The van der Waals surface area contributed by atoms with Gasteiger partial charge in [0.25, 0.3) is 0 Å². The minimum absolute atomic E-state index is 0. The van der Waals surface area contributed by atoms with Gasteiger partial charge in [0.05, 0.1) is 39.3 Å². The van der Waals surface area contributed by atoms with Crippen LogP contribution in [-0.2, 0) is 38.7 Å². The van der Waals surface area contributed by atoms with E-state index in [1.807, 2.05) is 6.92 Å². The molecule has 0 amide bonds. The van der Waals surface area contributed by atoms with Gasteiger partial charge in [0.15, 0.2) is 5.25 Å². The van der Waals surface area contributed by atoms with Crippen LogP contribution in [-0.4, -0.2) is 117 Å². The van der Waals surface area contributed by atoms with Crippen LogP contribution in [0.3, 0.4) is 0 Å². The first-order chi connectivity index (χ1) is 21.7. The molecule has 0 aliphatic heterocycles. The maximum atomic E-state index is 13.9. The topological polar surface area (TPSA) is 128 Å². The Morgan fingerprint density at radius 1 is 0.600 bits per heavy atom.